The van der Waals surface area contributed by atoms with Crippen LogP contribution in [0.4, 0.5) is 0 Å². The van der Waals surface area contributed by atoms with Crippen molar-refractivity contribution in [3.63, 3.8) is 0 Å². The van der Waals surface area contributed by atoms with Gasteiger partial charge in [0, 0.05) is 31.8 Å². The molecule has 0 aromatic rings. The molecule has 3 heteroatoms. The number of hydrogen-bond donors (Lipinski definition) is 2. The smallest absolute Gasteiger partial charge is 0.0443 e. The number of aliphatic hydroxyl groups is 1. The van der Waals surface area contributed by atoms with Crippen molar-refractivity contribution in [1.29, 1.82) is 0 Å². The maximum atomic E-state index is 9.05. The summed E-state index contributed by atoms with van der Waals surface area (Å²) in [7, 11) is 2.10. The summed E-state index contributed by atoms with van der Waals surface area (Å²) in [6, 6.07) is 1.22. The zero-order chi connectivity index (χ0) is 14.5. The van der Waals surface area contributed by atoms with E-state index in [0.29, 0.717) is 24.1 Å². The first-order chi connectivity index (χ1) is 8.89. The molecule has 1 fully saturated rings. The molecule has 0 bridgehead atoms. The molecule has 0 spiro atoms. The van der Waals surface area contributed by atoms with Crippen LogP contribution in [0.2, 0.25) is 0 Å². The van der Waals surface area contributed by atoms with Crippen molar-refractivity contribution in [2.24, 2.45) is 11.3 Å². The number of nitrogens with one attached hydrogen (secondary N) is 1. The van der Waals surface area contributed by atoms with Crippen LogP contribution in [0.1, 0.15) is 53.4 Å². The fourth-order valence-corrected chi connectivity index (χ4v) is 3.44. The predicted octanol–water partition coefficient (Wildman–Crippen LogP) is 2.49. The minimum absolute atomic E-state index is 0.300. The third-order valence-corrected chi connectivity index (χ3v) is 4.69. The Hall–Kier alpha value is -0.120. The summed E-state index contributed by atoms with van der Waals surface area (Å²) in [5.74, 6) is 0.731. The van der Waals surface area contributed by atoms with E-state index in [1.807, 2.05) is 0 Å². The third kappa shape index (κ3) is 5.41. The van der Waals surface area contributed by atoms with Crippen LogP contribution in [0, 0.1) is 11.3 Å². The highest BCUT2D eigenvalue weighted by atomic mass is 16.3. The summed E-state index contributed by atoms with van der Waals surface area (Å²) in [4.78, 5) is 2.53. The van der Waals surface area contributed by atoms with Crippen LogP contribution in [-0.2, 0) is 0 Å². The molecule has 1 aliphatic rings. The quantitative estimate of drug-likeness (QED) is 0.746. The number of hydrogen-bond acceptors (Lipinski definition) is 3. The monoisotopic (exact) mass is 270 g/mol. The average molecular weight is 270 g/mol. The zero-order valence-corrected chi connectivity index (χ0v) is 13.6. The molecule has 3 nitrogen and oxygen atoms in total. The van der Waals surface area contributed by atoms with Gasteiger partial charge in [-0.3, -0.25) is 0 Å². The van der Waals surface area contributed by atoms with Crippen molar-refractivity contribution in [3.05, 3.63) is 0 Å². The van der Waals surface area contributed by atoms with Crippen molar-refractivity contribution in [2.75, 3.05) is 26.7 Å². The van der Waals surface area contributed by atoms with E-state index in [2.05, 4.69) is 45.0 Å². The van der Waals surface area contributed by atoms with Crippen LogP contribution >= 0.6 is 0 Å². The summed E-state index contributed by atoms with van der Waals surface area (Å²) in [5.41, 5.74) is 0.484. The van der Waals surface area contributed by atoms with Gasteiger partial charge in [-0.1, -0.05) is 13.8 Å². The lowest BCUT2D eigenvalue weighted by Gasteiger charge is -2.43. The molecule has 0 saturated heterocycles. The Kier molecular flexibility index (Phi) is 6.78. The van der Waals surface area contributed by atoms with E-state index in [1.54, 1.807) is 0 Å². The molecule has 0 radical (unpaired) electrons. The SMILES string of the molecule is CNC1CCC(C)(C)CC1CN(CCCO)C(C)C. The van der Waals surface area contributed by atoms with Gasteiger partial charge in [0.25, 0.3) is 0 Å². The lowest BCUT2D eigenvalue weighted by molar-refractivity contribution is 0.0864. The Balaban J connectivity index is 2.62. The largest absolute Gasteiger partial charge is 0.396 e. The maximum Gasteiger partial charge on any atom is 0.0443 e. The topological polar surface area (TPSA) is 35.5 Å². The molecule has 2 unspecified atom stereocenters. The molecule has 2 atom stereocenters. The second kappa shape index (κ2) is 7.61. The highest BCUT2D eigenvalue weighted by Gasteiger charge is 2.35. The highest BCUT2D eigenvalue weighted by Crippen LogP contribution is 2.39. The van der Waals surface area contributed by atoms with E-state index in [4.69, 9.17) is 5.11 Å². The summed E-state index contributed by atoms with van der Waals surface area (Å²) >= 11 is 0. The van der Waals surface area contributed by atoms with Gasteiger partial charge >= 0.3 is 0 Å². The van der Waals surface area contributed by atoms with Gasteiger partial charge in [0.1, 0.15) is 0 Å². The predicted molar refractivity (Wildman–Crippen MR) is 82.4 cm³/mol. The normalized spacial score (nSPS) is 27.2. The Morgan fingerprint density at radius 1 is 1.37 bits per heavy atom. The lowest BCUT2D eigenvalue weighted by Crippen LogP contribution is -2.48. The first kappa shape index (κ1) is 16.9. The van der Waals surface area contributed by atoms with Gasteiger partial charge in [-0.15, -0.1) is 0 Å². The van der Waals surface area contributed by atoms with Gasteiger partial charge in [-0.2, -0.15) is 0 Å². The van der Waals surface area contributed by atoms with Crippen LogP contribution in [0.15, 0.2) is 0 Å². The molecule has 19 heavy (non-hydrogen) atoms. The van der Waals surface area contributed by atoms with Crippen molar-refractivity contribution in [3.8, 4) is 0 Å². The van der Waals surface area contributed by atoms with Crippen molar-refractivity contribution in [2.45, 2.75) is 65.5 Å². The van der Waals surface area contributed by atoms with Gasteiger partial charge in [0.15, 0.2) is 0 Å². The first-order valence-corrected chi connectivity index (χ1v) is 7.92. The van der Waals surface area contributed by atoms with Gasteiger partial charge in [-0.05, 0) is 57.9 Å². The first-order valence-electron chi connectivity index (χ1n) is 7.92. The van der Waals surface area contributed by atoms with Crippen molar-refractivity contribution in [1.82, 2.24) is 10.2 Å². The van der Waals surface area contributed by atoms with Crippen molar-refractivity contribution >= 4 is 0 Å². The van der Waals surface area contributed by atoms with Gasteiger partial charge < -0.3 is 15.3 Å². The van der Waals surface area contributed by atoms with E-state index in [9.17, 15) is 0 Å². The molecule has 1 saturated carbocycles. The summed E-state index contributed by atoms with van der Waals surface area (Å²) in [6.45, 7) is 11.8. The second-order valence-electron chi connectivity index (χ2n) is 7.23. The molecular weight excluding hydrogens is 236 g/mol. The molecule has 2 N–H and O–H groups in total. The van der Waals surface area contributed by atoms with Crippen LogP contribution in [0.3, 0.4) is 0 Å². The Morgan fingerprint density at radius 3 is 2.58 bits per heavy atom. The molecule has 0 aromatic heterocycles. The third-order valence-electron chi connectivity index (χ3n) is 4.69. The van der Waals surface area contributed by atoms with Crippen molar-refractivity contribution < 1.29 is 5.11 Å². The van der Waals surface area contributed by atoms with Crippen LogP contribution in [0.25, 0.3) is 0 Å². The second-order valence-corrected chi connectivity index (χ2v) is 7.23. The van der Waals surface area contributed by atoms with Crippen LogP contribution in [-0.4, -0.2) is 48.8 Å². The molecule has 114 valence electrons. The minimum atomic E-state index is 0.300. The summed E-state index contributed by atoms with van der Waals surface area (Å²) in [5, 5.41) is 12.6. The standard InChI is InChI=1S/C16H34N2O/c1-13(2)18(9-6-10-19)12-14-11-16(3,4)8-7-15(14)17-5/h13-15,17,19H,6-12H2,1-5H3. The zero-order valence-electron chi connectivity index (χ0n) is 13.6. The number of nitrogens with zero attached hydrogens (tertiary/aromatic N) is 1. The Bertz CT molecular complexity index is 253. The molecule has 0 amide bonds. The highest BCUT2D eigenvalue weighted by molar-refractivity contribution is 4.90. The molecular formula is C16H34N2O. The van der Waals surface area contributed by atoms with Crippen LogP contribution in [0.5, 0.6) is 0 Å². The Labute approximate surface area is 119 Å². The van der Waals surface area contributed by atoms with E-state index < -0.39 is 0 Å². The fourth-order valence-electron chi connectivity index (χ4n) is 3.44. The Morgan fingerprint density at radius 2 is 2.05 bits per heavy atom. The lowest BCUT2D eigenvalue weighted by atomic mass is 9.69. The van der Waals surface area contributed by atoms with Gasteiger partial charge in [-0.25, -0.2) is 0 Å². The molecule has 1 rings (SSSR count). The molecule has 0 aromatic carbocycles. The van der Waals surface area contributed by atoms with E-state index in [-0.39, 0.29) is 0 Å². The molecule has 0 heterocycles. The number of rotatable bonds is 7. The average Bonchev–Trinajstić information content (AvgIpc) is 2.33. The minimum Gasteiger partial charge on any atom is -0.396 e. The van der Waals surface area contributed by atoms with E-state index in [0.717, 1.165) is 25.4 Å². The maximum absolute atomic E-state index is 9.05. The fraction of sp³-hybridized carbons (Fsp3) is 1.00. The van der Waals surface area contributed by atoms with E-state index >= 15 is 0 Å². The summed E-state index contributed by atoms with van der Waals surface area (Å²) in [6.07, 6.45) is 4.81. The summed E-state index contributed by atoms with van der Waals surface area (Å²) < 4.78 is 0. The number of aliphatic hydroxyl groups excluding tert-OH is 1. The van der Waals surface area contributed by atoms with Gasteiger partial charge in [0.05, 0.1) is 0 Å². The van der Waals surface area contributed by atoms with Crippen LogP contribution < -0.4 is 5.32 Å². The van der Waals surface area contributed by atoms with E-state index in [1.165, 1.54) is 19.3 Å². The molecule has 0 aliphatic heterocycles. The molecule has 1 aliphatic carbocycles. The van der Waals surface area contributed by atoms with Gasteiger partial charge in [0.2, 0.25) is 0 Å².